The quantitative estimate of drug-likeness (QED) is 0.765. The molecule has 0 atom stereocenters. The number of nitrogens with zero attached hydrogens (tertiary/aromatic N) is 1. The van der Waals surface area contributed by atoms with Crippen LogP contribution in [0.15, 0.2) is 30.3 Å². The number of hydrogen-bond donors (Lipinski definition) is 3. The molecular formula is C13H13N3O4. The zero-order chi connectivity index (χ0) is 14.5. The van der Waals surface area contributed by atoms with Gasteiger partial charge in [0.15, 0.2) is 12.3 Å². The SMILES string of the molecule is Cc1cc(C(=O)Nc2cccc(OCC(=O)O)c2)n[nH]1. The number of aliphatic carboxylic acids is 1. The molecule has 1 amide bonds. The molecule has 104 valence electrons. The van der Waals surface area contributed by atoms with Crippen LogP contribution in [0.2, 0.25) is 0 Å². The molecule has 0 spiro atoms. The first-order chi connectivity index (χ1) is 9.54. The highest BCUT2D eigenvalue weighted by Gasteiger charge is 2.10. The van der Waals surface area contributed by atoms with Gasteiger partial charge in [0.1, 0.15) is 5.75 Å². The van der Waals surface area contributed by atoms with Gasteiger partial charge in [0.25, 0.3) is 5.91 Å². The first-order valence-electron chi connectivity index (χ1n) is 5.82. The van der Waals surface area contributed by atoms with Crippen molar-refractivity contribution in [2.24, 2.45) is 0 Å². The number of H-pyrrole nitrogens is 1. The van der Waals surface area contributed by atoms with Gasteiger partial charge in [0, 0.05) is 17.4 Å². The van der Waals surface area contributed by atoms with E-state index in [0.717, 1.165) is 5.69 Å². The molecule has 1 aromatic carbocycles. The number of amides is 1. The zero-order valence-electron chi connectivity index (χ0n) is 10.7. The molecule has 0 aliphatic rings. The van der Waals surface area contributed by atoms with Crippen LogP contribution in [0.5, 0.6) is 5.75 Å². The smallest absolute Gasteiger partial charge is 0.341 e. The fourth-order valence-electron chi connectivity index (χ4n) is 1.54. The highest BCUT2D eigenvalue weighted by molar-refractivity contribution is 6.02. The van der Waals surface area contributed by atoms with Crippen molar-refractivity contribution in [1.29, 1.82) is 0 Å². The fourth-order valence-corrected chi connectivity index (χ4v) is 1.54. The van der Waals surface area contributed by atoms with Crippen molar-refractivity contribution in [3.8, 4) is 5.75 Å². The standard InChI is InChI=1S/C13H13N3O4/c1-8-5-11(16-15-8)13(19)14-9-3-2-4-10(6-9)20-7-12(17)18/h2-6H,7H2,1H3,(H,14,19)(H,15,16)(H,17,18). The minimum absolute atomic E-state index is 0.277. The average molecular weight is 275 g/mol. The van der Waals surface area contributed by atoms with Crippen LogP contribution >= 0.6 is 0 Å². The molecule has 0 fully saturated rings. The van der Waals surface area contributed by atoms with E-state index in [1.807, 2.05) is 0 Å². The first kappa shape index (κ1) is 13.6. The van der Waals surface area contributed by atoms with E-state index in [0.29, 0.717) is 11.4 Å². The summed E-state index contributed by atoms with van der Waals surface area (Å²) in [4.78, 5) is 22.3. The van der Waals surface area contributed by atoms with Gasteiger partial charge in [-0.05, 0) is 25.1 Å². The molecule has 0 aliphatic carbocycles. The topological polar surface area (TPSA) is 104 Å². The van der Waals surface area contributed by atoms with Crippen LogP contribution in [0.25, 0.3) is 0 Å². The molecule has 2 aromatic rings. The van der Waals surface area contributed by atoms with Crippen molar-refractivity contribution >= 4 is 17.6 Å². The summed E-state index contributed by atoms with van der Waals surface area (Å²) in [5.74, 6) is -1.06. The highest BCUT2D eigenvalue weighted by atomic mass is 16.5. The second kappa shape index (κ2) is 5.87. The molecule has 0 saturated carbocycles. The van der Waals surface area contributed by atoms with Crippen LogP contribution in [-0.2, 0) is 4.79 Å². The summed E-state index contributed by atoms with van der Waals surface area (Å²) in [6.45, 7) is 1.36. The predicted molar refractivity (Wildman–Crippen MR) is 70.9 cm³/mol. The van der Waals surface area contributed by atoms with E-state index in [9.17, 15) is 9.59 Å². The number of carbonyl (C=O) groups excluding carboxylic acids is 1. The summed E-state index contributed by atoms with van der Waals surface area (Å²) in [7, 11) is 0. The molecule has 0 saturated heterocycles. The lowest BCUT2D eigenvalue weighted by molar-refractivity contribution is -0.139. The van der Waals surface area contributed by atoms with Crippen molar-refractivity contribution in [2.75, 3.05) is 11.9 Å². The normalized spacial score (nSPS) is 10.1. The Labute approximate surface area is 114 Å². The number of rotatable bonds is 5. The van der Waals surface area contributed by atoms with E-state index in [1.165, 1.54) is 0 Å². The largest absolute Gasteiger partial charge is 0.482 e. The summed E-state index contributed by atoms with van der Waals surface area (Å²) in [6, 6.07) is 8.10. The van der Waals surface area contributed by atoms with Gasteiger partial charge in [0.05, 0.1) is 0 Å². The number of benzene rings is 1. The zero-order valence-corrected chi connectivity index (χ0v) is 10.7. The van der Waals surface area contributed by atoms with Crippen LogP contribution in [-0.4, -0.2) is 33.8 Å². The van der Waals surface area contributed by atoms with E-state index >= 15 is 0 Å². The van der Waals surface area contributed by atoms with Gasteiger partial charge in [-0.25, -0.2) is 4.79 Å². The van der Waals surface area contributed by atoms with Crippen molar-refractivity contribution in [3.63, 3.8) is 0 Å². The summed E-state index contributed by atoms with van der Waals surface area (Å²) in [5, 5.41) is 17.7. The van der Waals surface area contributed by atoms with Crippen molar-refractivity contribution < 1.29 is 19.4 Å². The maximum absolute atomic E-state index is 11.9. The van der Waals surface area contributed by atoms with Crippen LogP contribution in [0.4, 0.5) is 5.69 Å². The minimum atomic E-state index is -1.06. The minimum Gasteiger partial charge on any atom is -0.482 e. The van der Waals surface area contributed by atoms with Crippen molar-refractivity contribution in [1.82, 2.24) is 10.2 Å². The molecule has 3 N–H and O–H groups in total. The fraction of sp³-hybridized carbons (Fsp3) is 0.154. The van der Waals surface area contributed by atoms with E-state index in [-0.39, 0.29) is 11.6 Å². The number of carboxylic acid groups (broad SMARTS) is 1. The molecule has 7 nitrogen and oxygen atoms in total. The molecule has 0 bridgehead atoms. The Kier molecular flexibility index (Phi) is 3.99. The van der Waals surface area contributed by atoms with E-state index in [4.69, 9.17) is 9.84 Å². The van der Waals surface area contributed by atoms with Gasteiger partial charge in [-0.2, -0.15) is 5.10 Å². The Morgan fingerprint density at radius 3 is 2.85 bits per heavy atom. The number of aromatic nitrogens is 2. The molecule has 1 heterocycles. The summed E-state index contributed by atoms with van der Waals surface area (Å²) in [5.41, 5.74) is 1.56. The Morgan fingerprint density at radius 2 is 2.20 bits per heavy atom. The number of ether oxygens (including phenoxy) is 1. The molecule has 2 rings (SSSR count). The monoisotopic (exact) mass is 275 g/mol. The van der Waals surface area contributed by atoms with Crippen LogP contribution in [0.1, 0.15) is 16.2 Å². The molecule has 7 heteroatoms. The number of carbonyl (C=O) groups is 2. The first-order valence-corrected chi connectivity index (χ1v) is 5.82. The summed E-state index contributed by atoms with van der Waals surface area (Å²) < 4.78 is 5.03. The summed E-state index contributed by atoms with van der Waals surface area (Å²) in [6.07, 6.45) is 0. The number of hydrogen-bond acceptors (Lipinski definition) is 4. The molecule has 0 radical (unpaired) electrons. The highest BCUT2D eigenvalue weighted by Crippen LogP contribution is 2.18. The van der Waals surface area contributed by atoms with Gasteiger partial charge in [0.2, 0.25) is 0 Å². The number of carboxylic acids is 1. The van der Waals surface area contributed by atoms with E-state index in [1.54, 1.807) is 37.3 Å². The third-order valence-electron chi connectivity index (χ3n) is 2.39. The average Bonchev–Trinajstić information content (AvgIpc) is 2.84. The van der Waals surface area contributed by atoms with Gasteiger partial charge < -0.3 is 15.2 Å². The van der Waals surface area contributed by atoms with Crippen molar-refractivity contribution in [2.45, 2.75) is 6.92 Å². The van der Waals surface area contributed by atoms with Crippen LogP contribution in [0.3, 0.4) is 0 Å². The third kappa shape index (κ3) is 3.58. The lowest BCUT2D eigenvalue weighted by atomic mass is 10.3. The lowest BCUT2D eigenvalue weighted by Crippen LogP contribution is -2.13. The van der Waals surface area contributed by atoms with Gasteiger partial charge in [-0.15, -0.1) is 0 Å². The van der Waals surface area contributed by atoms with Crippen LogP contribution < -0.4 is 10.1 Å². The van der Waals surface area contributed by atoms with Gasteiger partial charge in [-0.3, -0.25) is 9.89 Å². The Morgan fingerprint density at radius 1 is 1.40 bits per heavy atom. The number of aromatic amines is 1. The Balaban J connectivity index is 2.04. The second-order valence-corrected chi connectivity index (χ2v) is 4.10. The Bertz CT molecular complexity index is 636. The lowest BCUT2D eigenvalue weighted by Gasteiger charge is -2.06. The molecular weight excluding hydrogens is 262 g/mol. The maximum Gasteiger partial charge on any atom is 0.341 e. The second-order valence-electron chi connectivity index (χ2n) is 4.10. The van der Waals surface area contributed by atoms with Gasteiger partial charge in [-0.1, -0.05) is 6.07 Å². The number of anilines is 1. The molecule has 20 heavy (non-hydrogen) atoms. The molecule has 1 aromatic heterocycles. The molecule has 0 aliphatic heterocycles. The third-order valence-corrected chi connectivity index (χ3v) is 2.39. The summed E-state index contributed by atoms with van der Waals surface area (Å²) >= 11 is 0. The van der Waals surface area contributed by atoms with E-state index in [2.05, 4.69) is 15.5 Å². The van der Waals surface area contributed by atoms with Crippen molar-refractivity contribution in [3.05, 3.63) is 41.7 Å². The van der Waals surface area contributed by atoms with Gasteiger partial charge >= 0.3 is 5.97 Å². The predicted octanol–water partition coefficient (Wildman–Crippen LogP) is 1.43. The number of aryl methyl sites for hydroxylation is 1. The molecule has 0 unspecified atom stereocenters. The van der Waals surface area contributed by atoms with E-state index < -0.39 is 12.6 Å². The Hall–Kier alpha value is -2.83. The maximum atomic E-state index is 11.9. The van der Waals surface area contributed by atoms with Crippen LogP contribution in [0, 0.1) is 6.92 Å². The number of nitrogens with one attached hydrogen (secondary N) is 2.